The van der Waals surface area contributed by atoms with Gasteiger partial charge in [-0.1, -0.05) is 0 Å². The molecule has 10 atom stereocenters. The average molecular weight is 823 g/mol. The van der Waals surface area contributed by atoms with Gasteiger partial charge < -0.3 is 35.5 Å². The first-order chi connectivity index (χ1) is 25.3. The summed E-state index contributed by atoms with van der Waals surface area (Å²) in [7, 11) is 0. The van der Waals surface area contributed by atoms with Gasteiger partial charge in [0.25, 0.3) is 0 Å². The van der Waals surface area contributed by atoms with E-state index in [9.17, 15) is 19.0 Å². The van der Waals surface area contributed by atoms with Crippen LogP contribution in [0.2, 0.25) is 0 Å². The molecule has 10 unspecified atom stereocenters. The minimum atomic E-state index is -4.57. The van der Waals surface area contributed by atoms with Gasteiger partial charge in [0.1, 0.15) is 54.2 Å². The maximum atomic E-state index is 16.5. The second-order valence-corrected chi connectivity index (χ2v) is 20.0. The molecule has 3 fully saturated rings. The predicted molar refractivity (Wildman–Crippen MR) is 184 cm³/mol. The van der Waals surface area contributed by atoms with Crippen LogP contribution in [-0.4, -0.2) is 119 Å². The van der Waals surface area contributed by atoms with Crippen molar-refractivity contribution >= 4 is 76.5 Å². The zero-order valence-electron chi connectivity index (χ0n) is 27.9. The van der Waals surface area contributed by atoms with Gasteiger partial charge in [-0.05, 0) is 31.5 Å². The zero-order chi connectivity index (χ0) is 37.7. The van der Waals surface area contributed by atoms with E-state index >= 15 is 4.39 Å². The minimum absolute atomic E-state index is 0.0381. The fourth-order valence-corrected chi connectivity index (χ4v) is 10.7. The van der Waals surface area contributed by atoms with Crippen LogP contribution in [-0.2, 0) is 46.2 Å². The molecule has 3 aliphatic heterocycles. The highest BCUT2D eigenvalue weighted by Gasteiger charge is 2.55. The molecule has 27 heteroatoms. The molecule has 0 radical (unpaired) electrons. The van der Waals surface area contributed by atoms with E-state index in [4.69, 9.17) is 48.5 Å². The highest BCUT2D eigenvalue weighted by molar-refractivity contribution is 8.55. The summed E-state index contributed by atoms with van der Waals surface area (Å²) >= 11 is 1.09. The quantitative estimate of drug-likeness (QED) is 0.137. The van der Waals surface area contributed by atoms with Gasteiger partial charge >= 0.3 is 19.8 Å². The third-order valence-corrected chi connectivity index (χ3v) is 14.8. The fraction of sp³-hybridized carbons (Fsp3) is 0.577. The number of aromatic nitrogens is 8. The summed E-state index contributed by atoms with van der Waals surface area (Å²) in [4.78, 5) is 36.7. The molecule has 0 aliphatic carbocycles. The van der Waals surface area contributed by atoms with E-state index in [2.05, 4.69) is 29.9 Å². The van der Waals surface area contributed by atoms with Crippen LogP contribution in [0, 0.1) is 0 Å². The Hall–Kier alpha value is -3.22. The van der Waals surface area contributed by atoms with Crippen LogP contribution in [0.5, 0.6) is 0 Å². The van der Waals surface area contributed by atoms with Crippen LogP contribution in [0.25, 0.3) is 22.3 Å². The van der Waals surface area contributed by atoms with Gasteiger partial charge in [-0.25, -0.2) is 48.2 Å². The molecule has 0 spiro atoms. The number of hydrogen-bond donors (Lipinski definition) is 3. The number of hydrogen-bond acceptors (Lipinski definition) is 22. The standard InChI is InChI=1S/C26H33FN10O12P2S2/c1-11(2)45-26(39)42-10-53-51(41)44-5-13-18(14(27)24(47-13)36-8-34-15-20(28)30-6-32-22(15)36)48-50(40,52-3)43-4-12-17(38)19(49-51)25(46-12)37-9-35-16-21(29)31-7-33-23(16)37/h6-9,11-14,17-19,24-25,38H,4-5,10H2,1-3H3,(H2,28,30,32)(H2,29,31,33). The lowest BCUT2D eigenvalue weighted by atomic mass is 10.1. The second kappa shape index (κ2) is 15.1. The summed E-state index contributed by atoms with van der Waals surface area (Å²) in [5.41, 5.74) is 12.6. The van der Waals surface area contributed by atoms with Crippen molar-refractivity contribution in [1.29, 1.82) is 0 Å². The Morgan fingerprint density at radius 2 is 1.49 bits per heavy atom. The van der Waals surface area contributed by atoms with Crippen LogP contribution >= 0.6 is 36.4 Å². The van der Waals surface area contributed by atoms with Crippen molar-refractivity contribution in [2.75, 3.05) is 36.9 Å². The Labute approximate surface area is 306 Å². The minimum Gasteiger partial charge on any atom is -0.432 e. The lowest BCUT2D eigenvalue weighted by molar-refractivity contribution is -0.0569. The van der Waals surface area contributed by atoms with Crippen molar-refractivity contribution in [3.05, 3.63) is 25.3 Å². The number of nitrogen functional groups attached to an aromatic ring is 2. The van der Waals surface area contributed by atoms with Gasteiger partial charge in [-0.3, -0.25) is 27.2 Å². The smallest absolute Gasteiger partial charge is 0.432 e. The molecule has 0 aromatic carbocycles. The number of aliphatic hydroxyl groups excluding tert-OH is 1. The number of anilines is 2. The molecule has 7 heterocycles. The molecule has 5 N–H and O–H groups in total. The predicted octanol–water partition coefficient (Wildman–Crippen LogP) is 2.97. The van der Waals surface area contributed by atoms with Crippen molar-refractivity contribution < 1.29 is 60.5 Å². The molecule has 3 saturated heterocycles. The van der Waals surface area contributed by atoms with Crippen LogP contribution in [0.15, 0.2) is 25.3 Å². The van der Waals surface area contributed by atoms with Crippen LogP contribution in [0.1, 0.15) is 26.3 Å². The third kappa shape index (κ3) is 7.57. The van der Waals surface area contributed by atoms with Crippen molar-refractivity contribution in [2.24, 2.45) is 0 Å². The normalized spacial score (nSPS) is 33.7. The molecular formula is C26H33FN10O12P2S2. The Bertz CT molecular complexity index is 2080. The lowest BCUT2D eigenvalue weighted by Crippen LogP contribution is -2.35. The number of alkyl halides is 1. The maximum Gasteiger partial charge on any atom is 0.509 e. The number of fused-ring (bicyclic) bond motifs is 5. The van der Waals surface area contributed by atoms with E-state index in [0.717, 1.165) is 6.33 Å². The fourth-order valence-electron chi connectivity index (χ4n) is 5.70. The summed E-state index contributed by atoms with van der Waals surface area (Å²) in [6, 6.07) is 0. The molecule has 53 heavy (non-hydrogen) atoms. The summed E-state index contributed by atoms with van der Waals surface area (Å²) < 4.78 is 93.5. The first kappa shape index (κ1) is 38.1. The van der Waals surface area contributed by atoms with Crippen molar-refractivity contribution in [2.45, 2.75) is 69.1 Å². The number of carbonyl (C=O) groups is 1. The van der Waals surface area contributed by atoms with E-state index < -0.39 is 94.2 Å². The Morgan fingerprint density at radius 3 is 2.11 bits per heavy atom. The van der Waals surface area contributed by atoms with Crippen molar-refractivity contribution in [3.8, 4) is 0 Å². The van der Waals surface area contributed by atoms with Gasteiger partial charge in [0.2, 0.25) is 0 Å². The Morgan fingerprint density at radius 1 is 0.925 bits per heavy atom. The number of rotatable bonds is 7. The third-order valence-electron chi connectivity index (χ3n) is 8.14. The molecule has 0 saturated carbocycles. The van der Waals surface area contributed by atoms with E-state index in [0.29, 0.717) is 22.8 Å². The van der Waals surface area contributed by atoms with Gasteiger partial charge in [-0.2, -0.15) is 0 Å². The van der Waals surface area contributed by atoms with Crippen molar-refractivity contribution in [1.82, 2.24) is 39.0 Å². The summed E-state index contributed by atoms with van der Waals surface area (Å²) in [5, 5.41) is 11.5. The summed E-state index contributed by atoms with van der Waals surface area (Å²) in [5.74, 6) is -0.517. The largest absolute Gasteiger partial charge is 0.509 e. The number of nitrogens with two attached hydrogens (primary N) is 2. The van der Waals surface area contributed by atoms with Gasteiger partial charge in [0.05, 0.1) is 32.0 Å². The van der Waals surface area contributed by atoms with Crippen molar-refractivity contribution in [3.63, 3.8) is 0 Å². The van der Waals surface area contributed by atoms with E-state index in [1.807, 2.05) is 0 Å². The Kier molecular flexibility index (Phi) is 10.9. The molecule has 4 aromatic heterocycles. The monoisotopic (exact) mass is 822 g/mol. The van der Waals surface area contributed by atoms with E-state index in [1.165, 1.54) is 34.4 Å². The number of ether oxygens (including phenoxy) is 4. The van der Waals surface area contributed by atoms with Gasteiger partial charge in [0, 0.05) is 11.4 Å². The number of halogens is 1. The summed E-state index contributed by atoms with van der Waals surface area (Å²) in [6.45, 7) is -6.87. The van der Waals surface area contributed by atoms with Crippen LogP contribution in [0.3, 0.4) is 0 Å². The number of aliphatic hydroxyl groups is 1. The second-order valence-electron chi connectivity index (χ2n) is 11.8. The maximum absolute atomic E-state index is 16.5. The van der Waals surface area contributed by atoms with Gasteiger partial charge in [0.15, 0.2) is 47.5 Å². The molecule has 4 aromatic rings. The molecule has 22 nitrogen and oxygen atoms in total. The molecule has 288 valence electrons. The highest BCUT2D eigenvalue weighted by atomic mass is 32.7. The van der Waals surface area contributed by atoms with E-state index in [1.54, 1.807) is 13.8 Å². The molecule has 0 amide bonds. The lowest BCUT2D eigenvalue weighted by Gasteiger charge is -2.28. The number of nitrogens with zero attached hydrogens (tertiary/aromatic N) is 8. The first-order valence-electron chi connectivity index (χ1n) is 15.7. The highest BCUT2D eigenvalue weighted by Crippen LogP contribution is 2.65. The molecule has 7 rings (SSSR count). The van der Waals surface area contributed by atoms with Gasteiger partial charge in [-0.15, -0.1) is 0 Å². The Balaban J connectivity index is 1.24. The molecular weight excluding hydrogens is 789 g/mol. The summed E-state index contributed by atoms with van der Waals surface area (Å²) in [6.07, 6.45) is -7.60. The number of imidazole rings is 2. The van der Waals surface area contributed by atoms with Crippen LogP contribution in [0.4, 0.5) is 20.8 Å². The average Bonchev–Trinajstić information content (AvgIpc) is 3.88. The van der Waals surface area contributed by atoms with E-state index in [-0.39, 0.29) is 34.0 Å². The molecule has 2 bridgehead atoms. The van der Waals surface area contributed by atoms with Crippen LogP contribution < -0.4 is 11.5 Å². The SMILES string of the molecule is CSP1(=O)OCC2OC(n3cnc4c(N)ncnc43)C(OP(=O)(SCOC(=O)OC(C)C)OCC3OC(n4cnc5c(N)ncnc54)C(F)C3O1)C2O. The zero-order valence-corrected chi connectivity index (χ0v) is 31.3. The molecule has 3 aliphatic rings. The first-order valence-corrected chi connectivity index (χ1v) is 22.2. The topological polar surface area (TPSA) is 285 Å². The number of carbonyl (C=O) groups excluding carboxylic acids is 1.